The van der Waals surface area contributed by atoms with Gasteiger partial charge in [-0.05, 0) is 50.3 Å². The maximum absolute atomic E-state index is 13.0. The lowest BCUT2D eigenvalue weighted by Crippen LogP contribution is -2.21. The van der Waals surface area contributed by atoms with Crippen molar-refractivity contribution in [2.24, 2.45) is 5.10 Å². The molecule has 3 aromatic rings. The summed E-state index contributed by atoms with van der Waals surface area (Å²) in [6.07, 6.45) is 1.60. The van der Waals surface area contributed by atoms with Gasteiger partial charge in [-0.3, -0.25) is 4.79 Å². The normalized spacial score (nSPS) is 15.3. The summed E-state index contributed by atoms with van der Waals surface area (Å²) >= 11 is 0. The summed E-state index contributed by atoms with van der Waals surface area (Å²) in [6, 6.07) is 22.2. The topological polar surface area (TPSA) is 76.0 Å². The molecular formula is C24H20N2O4S. The molecule has 156 valence electrons. The van der Waals surface area contributed by atoms with Crippen LogP contribution in [0.25, 0.3) is 6.08 Å². The zero-order valence-corrected chi connectivity index (χ0v) is 17.8. The molecule has 0 N–H and O–H groups in total. The van der Waals surface area contributed by atoms with Crippen LogP contribution in [0.4, 0.5) is 5.69 Å². The predicted molar refractivity (Wildman–Crippen MR) is 120 cm³/mol. The van der Waals surface area contributed by atoms with Gasteiger partial charge >= 0.3 is 10.1 Å². The summed E-state index contributed by atoms with van der Waals surface area (Å²) in [5, 5.41) is 5.68. The second-order valence-electron chi connectivity index (χ2n) is 7.08. The molecule has 3 aromatic carbocycles. The molecule has 0 unspecified atom stereocenters. The highest BCUT2D eigenvalue weighted by atomic mass is 32.2. The van der Waals surface area contributed by atoms with E-state index in [1.54, 1.807) is 61.5 Å². The number of carbonyl (C=O) groups excluding carboxylic acids is 1. The largest absolute Gasteiger partial charge is 0.378 e. The molecule has 4 rings (SSSR count). The standard InChI is InChI=1S/C24H20N2O4S/c1-17-12-14-21(15-13-17)31(28,29)30-23-11-7-6-8-19(23)16-22-18(2)25-26(24(22)27)20-9-4-3-5-10-20/h3-16H,1-2H3/b22-16+. The van der Waals surface area contributed by atoms with Gasteiger partial charge in [0.05, 0.1) is 17.0 Å². The summed E-state index contributed by atoms with van der Waals surface area (Å²) in [5.41, 5.74) is 2.96. The van der Waals surface area contributed by atoms with Crippen molar-refractivity contribution in [2.45, 2.75) is 18.7 Å². The summed E-state index contributed by atoms with van der Waals surface area (Å²) in [5.74, 6) is -0.158. The summed E-state index contributed by atoms with van der Waals surface area (Å²) in [6.45, 7) is 3.61. The smallest absolute Gasteiger partial charge is 0.339 e. The third-order valence-corrected chi connectivity index (χ3v) is 6.04. The van der Waals surface area contributed by atoms with E-state index in [9.17, 15) is 13.2 Å². The zero-order chi connectivity index (χ0) is 22.0. The van der Waals surface area contributed by atoms with E-state index in [4.69, 9.17) is 4.18 Å². The van der Waals surface area contributed by atoms with Crippen LogP contribution in [-0.4, -0.2) is 20.0 Å². The SMILES string of the molecule is CC1=NN(c2ccccc2)C(=O)/C1=C/c1ccccc1OS(=O)(=O)c1ccc(C)cc1. The van der Waals surface area contributed by atoms with Gasteiger partial charge in [0.25, 0.3) is 5.91 Å². The van der Waals surface area contributed by atoms with Crippen LogP contribution < -0.4 is 9.19 Å². The van der Waals surface area contributed by atoms with E-state index in [1.165, 1.54) is 17.1 Å². The number of hydrogen-bond acceptors (Lipinski definition) is 5. The Kier molecular flexibility index (Phi) is 5.44. The molecule has 0 bridgehead atoms. The molecule has 1 aliphatic rings. The second kappa shape index (κ2) is 8.20. The maximum Gasteiger partial charge on any atom is 0.339 e. The van der Waals surface area contributed by atoms with Crippen LogP contribution in [0.15, 0.2) is 94.4 Å². The fourth-order valence-corrected chi connectivity index (χ4v) is 4.08. The number of amides is 1. The predicted octanol–water partition coefficient (Wildman–Crippen LogP) is 4.57. The first kappa shape index (κ1) is 20.6. The lowest BCUT2D eigenvalue weighted by atomic mass is 10.1. The van der Waals surface area contributed by atoms with Gasteiger partial charge in [0.2, 0.25) is 0 Å². The van der Waals surface area contributed by atoms with Gasteiger partial charge < -0.3 is 4.18 Å². The van der Waals surface area contributed by atoms with Crippen LogP contribution in [0.2, 0.25) is 0 Å². The van der Waals surface area contributed by atoms with E-state index in [-0.39, 0.29) is 16.6 Å². The molecule has 0 aliphatic carbocycles. The number of nitrogens with zero attached hydrogens (tertiary/aromatic N) is 2. The molecule has 7 heteroatoms. The quantitative estimate of drug-likeness (QED) is 0.437. The monoisotopic (exact) mass is 432 g/mol. The van der Waals surface area contributed by atoms with Gasteiger partial charge in [0.1, 0.15) is 10.6 Å². The number of para-hydroxylation sites is 2. The van der Waals surface area contributed by atoms with Crippen molar-refractivity contribution >= 4 is 33.5 Å². The number of rotatable bonds is 5. The van der Waals surface area contributed by atoms with E-state index in [1.807, 2.05) is 25.1 Å². The number of benzene rings is 3. The van der Waals surface area contributed by atoms with Gasteiger partial charge in [-0.15, -0.1) is 0 Å². The minimum Gasteiger partial charge on any atom is -0.378 e. The molecule has 0 aromatic heterocycles. The Morgan fingerprint density at radius 2 is 1.52 bits per heavy atom. The van der Waals surface area contributed by atoms with Gasteiger partial charge in [-0.2, -0.15) is 18.5 Å². The van der Waals surface area contributed by atoms with Crippen LogP contribution in [0.3, 0.4) is 0 Å². The second-order valence-corrected chi connectivity index (χ2v) is 8.63. The molecule has 0 radical (unpaired) electrons. The van der Waals surface area contributed by atoms with Gasteiger partial charge in [-0.25, -0.2) is 0 Å². The minimum absolute atomic E-state index is 0.0606. The van der Waals surface area contributed by atoms with Crippen LogP contribution in [0.5, 0.6) is 5.75 Å². The van der Waals surface area contributed by atoms with Crippen molar-refractivity contribution < 1.29 is 17.4 Å². The third kappa shape index (κ3) is 4.27. The summed E-state index contributed by atoms with van der Waals surface area (Å²) < 4.78 is 30.9. The summed E-state index contributed by atoms with van der Waals surface area (Å²) in [7, 11) is -4.02. The Hall–Kier alpha value is -3.71. The number of carbonyl (C=O) groups is 1. The van der Waals surface area contributed by atoms with E-state index >= 15 is 0 Å². The highest BCUT2D eigenvalue weighted by molar-refractivity contribution is 7.87. The van der Waals surface area contributed by atoms with Crippen molar-refractivity contribution in [3.05, 3.63) is 95.6 Å². The van der Waals surface area contributed by atoms with Gasteiger partial charge in [-0.1, -0.05) is 54.1 Å². The number of aryl methyl sites for hydroxylation is 1. The van der Waals surface area contributed by atoms with E-state index in [0.29, 0.717) is 22.5 Å². The molecule has 6 nitrogen and oxygen atoms in total. The number of anilines is 1. The van der Waals surface area contributed by atoms with Crippen LogP contribution in [-0.2, 0) is 14.9 Å². The van der Waals surface area contributed by atoms with Gasteiger partial charge in [0.15, 0.2) is 0 Å². The van der Waals surface area contributed by atoms with Crippen molar-refractivity contribution in [1.29, 1.82) is 0 Å². The third-order valence-electron chi connectivity index (χ3n) is 4.79. The van der Waals surface area contributed by atoms with E-state index in [0.717, 1.165) is 5.56 Å². The number of hydrazone groups is 1. The minimum atomic E-state index is -4.02. The summed E-state index contributed by atoms with van der Waals surface area (Å²) in [4.78, 5) is 13.0. The average molecular weight is 433 g/mol. The molecule has 1 amide bonds. The Morgan fingerprint density at radius 3 is 2.23 bits per heavy atom. The molecular weight excluding hydrogens is 412 g/mol. The average Bonchev–Trinajstić information content (AvgIpc) is 3.04. The zero-order valence-electron chi connectivity index (χ0n) is 17.0. The first-order valence-corrected chi connectivity index (χ1v) is 11.0. The molecule has 0 saturated heterocycles. The lowest BCUT2D eigenvalue weighted by molar-refractivity contribution is -0.114. The molecule has 0 fully saturated rings. The molecule has 0 atom stereocenters. The van der Waals surface area contributed by atoms with E-state index in [2.05, 4.69) is 5.10 Å². The molecule has 31 heavy (non-hydrogen) atoms. The molecule has 0 spiro atoms. The Bertz CT molecular complexity index is 1290. The maximum atomic E-state index is 13.0. The van der Waals surface area contributed by atoms with Crippen LogP contribution in [0, 0.1) is 6.92 Å². The number of hydrogen-bond donors (Lipinski definition) is 0. The highest BCUT2D eigenvalue weighted by Crippen LogP contribution is 2.29. The van der Waals surface area contributed by atoms with E-state index < -0.39 is 10.1 Å². The van der Waals surface area contributed by atoms with Crippen molar-refractivity contribution in [3.63, 3.8) is 0 Å². The van der Waals surface area contributed by atoms with Crippen molar-refractivity contribution in [3.8, 4) is 5.75 Å². The van der Waals surface area contributed by atoms with Gasteiger partial charge in [0, 0.05) is 5.56 Å². The molecule has 0 saturated carbocycles. The first-order valence-electron chi connectivity index (χ1n) is 9.62. The van der Waals surface area contributed by atoms with Crippen molar-refractivity contribution in [1.82, 2.24) is 0 Å². The Balaban J connectivity index is 1.66. The van der Waals surface area contributed by atoms with Crippen LogP contribution >= 0.6 is 0 Å². The Morgan fingerprint density at radius 1 is 0.871 bits per heavy atom. The van der Waals surface area contributed by atoms with Crippen LogP contribution in [0.1, 0.15) is 18.1 Å². The molecule has 1 heterocycles. The first-order chi connectivity index (χ1) is 14.8. The van der Waals surface area contributed by atoms with Crippen molar-refractivity contribution in [2.75, 3.05) is 5.01 Å². The fraction of sp³-hybridized carbons (Fsp3) is 0.0833. The molecule has 1 aliphatic heterocycles. The highest BCUT2D eigenvalue weighted by Gasteiger charge is 2.29. The Labute approximate surface area is 181 Å². The lowest BCUT2D eigenvalue weighted by Gasteiger charge is -2.12. The fourth-order valence-electron chi connectivity index (χ4n) is 3.13.